The Morgan fingerprint density at radius 3 is 2.05 bits per heavy atom. The topological polar surface area (TPSA) is 15.3 Å². The van der Waals surface area contributed by atoms with Crippen LogP contribution in [0.2, 0.25) is 0 Å². The zero-order chi connectivity index (χ0) is 15.8. The van der Waals surface area contributed by atoms with E-state index in [0.29, 0.717) is 12.1 Å². The van der Waals surface area contributed by atoms with Crippen LogP contribution >= 0.6 is 0 Å². The summed E-state index contributed by atoms with van der Waals surface area (Å²) in [5.74, 6) is 0.762. The average Bonchev–Trinajstić information content (AvgIpc) is 2.39. The molecule has 0 bridgehead atoms. The SMILES string of the molecule is CC(C)CC(C)N(C)Cc1ccc(CCNC(C)C)cc1. The van der Waals surface area contributed by atoms with Crippen LogP contribution in [-0.2, 0) is 13.0 Å². The minimum Gasteiger partial charge on any atom is -0.314 e. The van der Waals surface area contributed by atoms with E-state index in [0.717, 1.165) is 25.4 Å². The summed E-state index contributed by atoms with van der Waals surface area (Å²) in [4.78, 5) is 2.45. The van der Waals surface area contributed by atoms with Crippen LogP contribution in [0, 0.1) is 5.92 Å². The second-order valence-electron chi connectivity index (χ2n) is 7.07. The van der Waals surface area contributed by atoms with Gasteiger partial charge in [-0.15, -0.1) is 0 Å². The summed E-state index contributed by atoms with van der Waals surface area (Å²) in [5.41, 5.74) is 2.83. The molecule has 0 spiro atoms. The Bertz CT molecular complexity index is 381. The van der Waals surface area contributed by atoms with Gasteiger partial charge in [0.25, 0.3) is 0 Å². The summed E-state index contributed by atoms with van der Waals surface area (Å²) in [6, 6.07) is 10.3. The zero-order valence-corrected chi connectivity index (χ0v) is 14.8. The molecule has 1 atom stereocenters. The van der Waals surface area contributed by atoms with Crippen molar-refractivity contribution in [2.75, 3.05) is 13.6 Å². The molecule has 0 fully saturated rings. The lowest BCUT2D eigenvalue weighted by Gasteiger charge is -2.26. The molecule has 0 aromatic heterocycles. The van der Waals surface area contributed by atoms with E-state index in [2.05, 4.69) is 76.1 Å². The standard InChI is InChI=1S/C19H34N2/c1-15(2)13-17(5)21(6)14-19-9-7-18(8-10-19)11-12-20-16(3)4/h7-10,15-17,20H,11-14H2,1-6H3. The van der Waals surface area contributed by atoms with Crippen molar-refractivity contribution >= 4 is 0 Å². The van der Waals surface area contributed by atoms with E-state index in [4.69, 9.17) is 0 Å². The van der Waals surface area contributed by atoms with Gasteiger partial charge in [0, 0.05) is 18.6 Å². The number of nitrogens with zero attached hydrogens (tertiary/aromatic N) is 1. The van der Waals surface area contributed by atoms with E-state index in [1.165, 1.54) is 17.5 Å². The minimum atomic E-state index is 0.570. The molecular weight excluding hydrogens is 256 g/mol. The highest BCUT2D eigenvalue weighted by molar-refractivity contribution is 5.22. The Hall–Kier alpha value is -0.860. The molecule has 1 unspecified atom stereocenters. The third kappa shape index (κ3) is 7.63. The highest BCUT2D eigenvalue weighted by Crippen LogP contribution is 2.13. The van der Waals surface area contributed by atoms with Crippen molar-refractivity contribution in [1.82, 2.24) is 10.2 Å². The lowest BCUT2D eigenvalue weighted by Crippen LogP contribution is -2.29. The summed E-state index contributed by atoms with van der Waals surface area (Å²) in [7, 11) is 2.23. The largest absolute Gasteiger partial charge is 0.314 e. The summed E-state index contributed by atoms with van der Waals surface area (Å²) in [5, 5.41) is 3.47. The van der Waals surface area contributed by atoms with Gasteiger partial charge in [-0.3, -0.25) is 4.90 Å². The van der Waals surface area contributed by atoms with Crippen molar-refractivity contribution in [1.29, 1.82) is 0 Å². The molecule has 21 heavy (non-hydrogen) atoms. The van der Waals surface area contributed by atoms with Crippen LogP contribution in [0.25, 0.3) is 0 Å². The number of hydrogen-bond acceptors (Lipinski definition) is 2. The Morgan fingerprint density at radius 1 is 0.952 bits per heavy atom. The number of nitrogens with one attached hydrogen (secondary N) is 1. The van der Waals surface area contributed by atoms with Crippen molar-refractivity contribution < 1.29 is 0 Å². The monoisotopic (exact) mass is 290 g/mol. The Kier molecular flexibility index (Phi) is 7.98. The Balaban J connectivity index is 2.43. The van der Waals surface area contributed by atoms with Gasteiger partial charge in [0.2, 0.25) is 0 Å². The first kappa shape index (κ1) is 18.2. The summed E-state index contributed by atoms with van der Waals surface area (Å²) >= 11 is 0. The molecule has 0 aliphatic carbocycles. The third-order valence-corrected chi connectivity index (χ3v) is 3.99. The third-order valence-electron chi connectivity index (χ3n) is 3.99. The van der Waals surface area contributed by atoms with Crippen LogP contribution in [0.4, 0.5) is 0 Å². The first-order valence-electron chi connectivity index (χ1n) is 8.40. The van der Waals surface area contributed by atoms with E-state index in [-0.39, 0.29) is 0 Å². The Morgan fingerprint density at radius 2 is 1.52 bits per heavy atom. The second kappa shape index (κ2) is 9.22. The lowest BCUT2D eigenvalue weighted by atomic mass is 10.0. The highest BCUT2D eigenvalue weighted by atomic mass is 15.1. The van der Waals surface area contributed by atoms with E-state index >= 15 is 0 Å². The molecule has 2 nitrogen and oxygen atoms in total. The lowest BCUT2D eigenvalue weighted by molar-refractivity contribution is 0.220. The molecule has 0 aliphatic heterocycles. The van der Waals surface area contributed by atoms with Gasteiger partial charge in [-0.1, -0.05) is 52.0 Å². The van der Waals surface area contributed by atoms with Crippen LogP contribution < -0.4 is 5.32 Å². The molecule has 0 amide bonds. The molecule has 1 aromatic rings. The van der Waals surface area contributed by atoms with Gasteiger partial charge in [-0.2, -0.15) is 0 Å². The van der Waals surface area contributed by atoms with Crippen molar-refractivity contribution in [3.63, 3.8) is 0 Å². The van der Waals surface area contributed by atoms with Crippen LogP contribution in [-0.4, -0.2) is 30.6 Å². The molecule has 1 rings (SSSR count). The number of hydrogen-bond donors (Lipinski definition) is 1. The van der Waals surface area contributed by atoms with Gasteiger partial charge in [-0.05, 0) is 50.4 Å². The quantitative estimate of drug-likeness (QED) is 0.737. The smallest absolute Gasteiger partial charge is 0.0233 e. The van der Waals surface area contributed by atoms with Crippen molar-refractivity contribution in [3.05, 3.63) is 35.4 Å². The van der Waals surface area contributed by atoms with Crippen LogP contribution in [0.1, 0.15) is 52.2 Å². The molecule has 0 heterocycles. The van der Waals surface area contributed by atoms with Gasteiger partial charge in [0.15, 0.2) is 0 Å². The van der Waals surface area contributed by atoms with Gasteiger partial charge in [-0.25, -0.2) is 0 Å². The van der Waals surface area contributed by atoms with Gasteiger partial charge in [0.1, 0.15) is 0 Å². The zero-order valence-electron chi connectivity index (χ0n) is 14.8. The fourth-order valence-corrected chi connectivity index (χ4v) is 2.62. The summed E-state index contributed by atoms with van der Waals surface area (Å²) in [6.07, 6.45) is 2.37. The average molecular weight is 290 g/mol. The van der Waals surface area contributed by atoms with Gasteiger partial charge < -0.3 is 5.32 Å². The van der Waals surface area contributed by atoms with E-state index in [1.54, 1.807) is 0 Å². The van der Waals surface area contributed by atoms with Crippen molar-refractivity contribution in [2.45, 2.75) is 66.1 Å². The van der Waals surface area contributed by atoms with Crippen molar-refractivity contribution in [2.24, 2.45) is 5.92 Å². The first-order chi connectivity index (χ1) is 9.88. The van der Waals surface area contributed by atoms with Crippen LogP contribution in [0.15, 0.2) is 24.3 Å². The van der Waals surface area contributed by atoms with Crippen LogP contribution in [0.3, 0.4) is 0 Å². The molecule has 0 aliphatic rings. The highest BCUT2D eigenvalue weighted by Gasteiger charge is 2.11. The van der Waals surface area contributed by atoms with Crippen LogP contribution in [0.5, 0.6) is 0 Å². The fraction of sp³-hybridized carbons (Fsp3) is 0.684. The Labute approximate surface area is 131 Å². The predicted molar refractivity (Wildman–Crippen MR) is 93.7 cm³/mol. The van der Waals surface area contributed by atoms with E-state index < -0.39 is 0 Å². The number of benzene rings is 1. The normalized spacial score (nSPS) is 13.4. The second-order valence-corrected chi connectivity index (χ2v) is 7.07. The molecule has 1 aromatic carbocycles. The molecule has 120 valence electrons. The van der Waals surface area contributed by atoms with Crippen molar-refractivity contribution in [3.8, 4) is 0 Å². The molecule has 0 radical (unpaired) electrons. The predicted octanol–water partition coefficient (Wildman–Crippen LogP) is 4.09. The van der Waals surface area contributed by atoms with E-state index in [1.807, 2.05) is 0 Å². The molecule has 2 heteroatoms. The van der Waals surface area contributed by atoms with Gasteiger partial charge in [0.05, 0.1) is 0 Å². The molecule has 1 N–H and O–H groups in total. The summed E-state index contributed by atoms with van der Waals surface area (Å²) in [6.45, 7) is 13.4. The maximum absolute atomic E-state index is 3.47. The summed E-state index contributed by atoms with van der Waals surface area (Å²) < 4.78 is 0. The van der Waals surface area contributed by atoms with Gasteiger partial charge >= 0.3 is 0 Å². The molecule has 0 saturated heterocycles. The maximum atomic E-state index is 3.47. The number of rotatable bonds is 9. The minimum absolute atomic E-state index is 0.570. The fourth-order valence-electron chi connectivity index (χ4n) is 2.62. The maximum Gasteiger partial charge on any atom is 0.0233 e. The molecular formula is C19H34N2. The molecule has 0 saturated carbocycles. The first-order valence-corrected chi connectivity index (χ1v) is 8.40. The van der Waals surface area contributed by atoms with E-state index in [9.17, 15) is 0 Å².